The number of thioether (sulfide) groups is 1. The predicted molar refractivity (Wildman–Crippen MR) is 72.3 cm³/mol. The maximum Gasteiger partial charge on any atom is 0.416 e. The fourth-order valence-electron chi connectivity index (χ4n) is 1.82. The molecule has 20 heavy (non-hydrogen) atoms. The number of benzene rings is 1. The summed E-state index contributed by atoms with van der Waals surface area (Å²) >= 11 is 1.34. The molecule has 7 heteroatoms. The van der Waals surface area contributed by atoms with E-state index in [9.17, 15) is 13.2 Å². The van der Waals surface area contributed by atoms with Gasteiger partial charge in [-0.2, -0.15) is 13.2 Å². The zero-order valence-corrected chi connectivity index (χ0v) is 11.6. The van der Waals surface area contributed by atoms with Crippen molar-refractivity contribution in [3.63, 3.8) is 0 Å². The highest BCUT2D eigenvalue weighted by molar-refractivity contribution is 7.99. The molecule has 1 heterocycles. The second kappa shape index (κ2) is 5.88. The van der Waals surface area contributed by atoms with E-state index in [-0.39, 0.29) is 5.56 Å². The van der Waals surface area contributed by atoms with Crippen LogP contribution in [0.1, 0.15) is 17.2 Å². The number of halogens is 3. The molecule has 2 rings (SSSR count). The summed E-state index contributed by atoms with van der Waals surface area (Å²) in [5.74, 6) is 0.331. The molecule has 0 fully saturated rings. The molecular formula is C13H14F3N3S. The van der Waals surface area contributed by atoms with Crippen LogP contribution in [0.15, 0.2) is 41.8 Å². The van der Waals surface area contributed by atoms with Gasteiger partial charge in [-0.05, 0) is 11.6 Å². The summed E-state index contributed by atoms with van der Waals surface area (Å²) in [6.45, 7) is 0. The number of aryl methyl sites for hydroxylation is 1. The Morgan fingerprint density at radius 2 is 2.05 bits per heavy atom. The van der Waals surface area contributed by atoms with Gasteiger partial charge < -0.3 is 10.3 Å². The van der Waals surface area contributed by atoms with Crippen molar-refractivity contribution in [3.05, 3.63) is 47.8 Å². The van der Waals surface area contributed by atoms with Gasteiger partial charge in [0, 0.05) is 31.2 Å². The van der Waals surface area contributed by atoms with Gasteiger partial charge in [-0.15, -0.1) is 0 Å². The van der Waals surface area contributed by atoms with Crippen molar-refractivity contribution in [1.82, 2.24) is 9.55 Å². The topological polar surface area (TPSA) is 43.8 Å². The Labute approximate surface area is 119 Å². The molecule has 3 nitrogen and oxygen atoms in total. The van der Waals surface area contributed by atoms with Crippen molar-refractivity contribution in [2.24, 2.45) is 12.8 Å². The van der Waals surface area contributed by atoms with E-state index in [2.05, 4.69) is 4.98 Å². The van der Waals surface area contributed by atoms with Crippen LogP contribution in [0.25, 0.3) is 0 Å². The quantitative estimate of drug-likeness (QED) is 0.882. The van der Waals surface area contributed by atoms with Gasteiger partial charge in [-0.1, -0.05) is 30.0 Å². The summed E-state index contributed by atoms with van der Waals surface area (Å²) in [7, 11) is 1.82. The number of aromatic nitrogens is 2. The summed E-state index contributed by atoms with van der Waals surface area (Å²) in [4.78, 5) is 4.10. The number of alkyl halides is 3. The minimum atomic E-state index is -4.39. The van der Waals surface area contributed by atoms with Gasteiger partial charge in [0.25, 0.3) is 0 Å². The van der Waals surface area contributed by atoms with Crippen LogP contribution in [-0.2, 0) is 13.2 Å². The Kier molecular flexibility index (Phi) is 4.39. The van der Waals surface area contributed by atoms with Crippen molar-refractivity contribution in [1.29, 1.82) is 0 Å². The molecule has 2 N–H and O–H groups in total. The van der Waals surface area contributed by atoms with Crippen LogP contribution in [0.3, 0.4) is 0 Å². The Balaban J connectivity index is 2.14. The van der Waals surface area contributed by atoms with Crippen LogP contribution in [0, 0.1) is 0 Å². The number of nitrogens with two attached hydrogens (primary N) is 1. The van der Waals surface area contributed by atoms with Gasteiger partial charge in [-0.3, -0.25) is 0 Å². The molecule has 0 spiro atoms. The third-order valence-corrected chi connectivity index (χ3v) is 4.01. The molecule has 1 aromatic heterocycles. The molecule has 2 aromatic rings. The smallest absolute Gasteiger partial charge is 0.329 e. The third-order valence-electron chi connectivity index (χ3n) is 2.83. The molecule has 1 atom stereocenters. The molecule has 0 bridgehead atoms. The van der Waals surface area contributed by atoms with E-state index < -0.39 is 17.8 Å². The van der Waals surface area contributed by atoms with Crippen LogP contribution in [0.5, 0.6) is 0 Å². The Bertz CT molecular complexity index is 580. The van der Waals surface area contributed by atoms with E-state index in [4.69, 9.17) is 5.73 Å². The molecular weight excluding hydrogens is 287 g/mol. The summed E-state index contributed by atoms with van der Waals surface area (Å²) in [5, 5.41) is 0.727. The van der Waals surface area contributed by atoms with Gasteiger partial charge in [0.15, 0.2) is 5.16 Å². The second-order valence-electron chi connectivity index (χ2n) is 4.32. The zero-order valence-electron chi connectivity index (χ0n) is 10.8. The average molecular weight is 301 g/mol. The van der Waals surface area contributed by atoms with Gasteiger partial charge in [0.1, 0.15) is 0 Å². The van der Waals surface area contributed by atoms with Gasteiger partial charge in [0.05, 0.1) is 5.56 Å². The Morgan fingerprint density at radius 1 is 1.35 bits per heavy atom. The zero-order chi connectivity index (χ0) is 14.8. The molecule has 0 aliphatic carbocycles. The van der Waals surface area contributed by atoms with E-state index in [1.54, 1.807) is 23.0 Å². The lowest BCUT2D eigenvalue weighted by Gasteiger charge is -2.17. The summed E-state index contributed by atoms with van der Waals surface area (Å²) < 4.78 is 40.5. The Morgan fingerprint density at radius 3 is 2.65 bits per heavy atom. The number of nitrogens with zero attached hydrogens (tertiary/aromatic N) is 2. The summed E-state index contributed by atoms with van der Waals surface area (Å²) in [5.41, 5.74) is 5.34. The largest absolute Gasteiger partial charge is 0.416 e. The number of hydrogen-bond acceptors (Lipinski definition) is 3. The number of hydrogen-bond donors (Lipinski definition) is 1. The maximum absolute atomic E-state index is 12.9. The van der Waals surface area contributed by atoms with Crippen LogP contribution >= 0.6 is 11.8 Å². The Hall–Kier alpha value is -1.47. The third kappa shape index (κ3) is 3.34. The summed E-state index contributed by atoms with van der Waals surface area (Å²) in [6, 6.07) is 4.71. The van der Waals surface area contributed by atoms with E-state index in [1.165, 1.54) is 23.9 Å². The molecule has 0 radical (unpaired) electrons. The van der Waals surface area contributed by atoms with E-state index in [0.717, 1.165) is 11.2 Å². The number of imidazole rings is 1. The normalized spacial score (nSPS) is 13.4. The molecule has 0 aliphatic rings. The fraction of sp³-hybridized carbons (Fsp3) is 0.308. The van der Waals surface area contributed by atoms with Crippen LogP contribution < -0.4 is 5.73 Å². The maximum atomic E-state index is 12.9. The lowest BCUT2D eigenvalue weighted by molar-refractivity contribution is -0.138. The van der Waals surface area contributed by atoms with Crippen LogP contribution in [0.4, 0.5) is 13.2 Å². The van der Waals surface area contributed by atoms with Gasteiger partial charge in [0.2, 0.25) is 0 Å². The van der Waals surface area contributed by atoms with E-state index in [0.29, 0.717) is 5.75 Å². The lowest BCUT2D eigenvalue weighted by atomic mass is 10.0. The lowest BCUT2D eigenvalue weighted by Crippen LogP contribution is -2.19. The molecule has 0 saturated carbocycles. The molecule has 108 valence electrons. The van der Waals surface area contributed by atoms with Gasteiger partial charge in [-0.25, -0.2) is 4.98 Å². The first kappa shape index (κ1) is 14.9. The second-order valence-corrected chi connectivity index (χ2v) is 5.31. The van der Waals surface area contributed by atoms with Crippen molar-refractivity contribution < 1.29 is 13.2 Å². The first-order valence-electron chi connectivity index (χ1n) is 5.91. The molecule has 0 amide bonds. The minimum Gasteiger partial charge on any atom is -0.329 e. The highest BCUT2D eigenvalue weighted by Gasteiger charge is 2.34. The first-order valence-corrected chi connectivity index (χ1v) is 6.90. The predicted octanol–water partition coefficient (Wildman–Crippen LogP) is 3.23. The van der Waals surface area contributed by atoms with E-state index >= 15 is 0 Å². The monoisotopic (exact) mass is 301 g/mol. The number of rotatable bonds is 4. The van der Waals surface area contributed by atoms with Crippen LogP contribution in [-0.4, -0.2) is 15.3 Å². The molecule has 0 aliphatic heterocycles. The summed E-state index contributed by atoms with van der Waals surface area (Å²) in [6.07, 6.45) is -0.975. The van der Waals surface area contributed by atoms with Crippen molar-refractivity contribution in [2.45, 2.75) is 17.4 Å². The standard InChI is InChI=1S/C13H14F3N3S/c1-19-7-6-18-12(19)20-8-11(17)9-4-2-3-5-10(9)13(14,15)16/h2-7,11H,8,17H2,1H3. The molecule has 1 aromatic carbocycles. The van der Waals surface area contributed by atoms with E-state index in [1.807, 2.05) is 7.05 Å². The SMILES string of the molecule is Cn1ccnc1SCC(N)c1ccccc1C(F)(F)F. The highest BCUT2D eigenvalue weighted by atomic mass is 32.2. The van der Waals surface area contributed by atoms with Crippen molar-refractivity contribution in [2.75, 3.05) is 5.75 Å². The first-order chi connectivity index (χ1) is 9.39. The average Bonchev–Trinajstić information content (AvgIpc) is 2.80. The van der Waals surface area contributed by atoms with Crippen LogP contribution in [0.2, 0.25) is 0 Å². The van der Waals surface area contributed by atoms with Crippen molar-refractivity contribution >= 4 is 11.8 Å². The van der Waals surface area contributed by atoms with Crippen molar-refractivity contribution in [3.8, 4) is 0 Å². The molecule has 1 unspecified atom stereocenters. The fourth-order valence-corrected chi connectivity index (χ4v) is 2.73. The molecule has 0 saturated heterocycles. The van der Waals surface area contributed by atoms with Gasteiger partial charge >= 0.3 is 6.18 Å². The minimum absolute atomic E-state index is 0.113. The highest BCUT2D eigenvalue weighted by Crippen LogP contribution is 2.35.